The molecular weight excluding hydrogens is 226 g/mol. The first-order chi connectivity index (χ1) is 8.80. The summed E-state index contributed by atoms with van der Waals surface area (Å²) in [5.41, 5.74) is 3.18. The normalized spacial score (nSPS) is 21.6. The van der Waals surface area contributed by atoms with Crippen LogP contribution in [0.1, 0.15) is 49.8 Å². The van der Waals surface area contributed by atoms with Gasteiger partial charge in [0, 0.05) is 23.2 Å². The van der Waals surface area contributed by atoms with Gasteiger partial charge in [0.25, 0.3) is 5.56 Å². The number of hydrogen-bond donors (Lipinski definition) is 1. The third-order valence-electron chi connectivity index (χ3n) is 4.81. The fraction of sp³-hybridized carbons (Fsp3) is 0.571. The Morgan fingerprint density at radius 2 is 2.06 bits per heavy atom. The SMILES string of the molecule is O=c1c2c(nc3cc[nH]n13)C1(CCCCC1)CC2. The molecule has 0 aliphatic heterocycles. The van der Waals surface area contributed by atoms with E-state index in [-0.39, 0.29) is 11.0 Å². The lowest BCUT2D eigenvalue weighted by Gasteiger charge is -2.33. The second-order valence-electron chi connectivity index (χ2n) is 5.74. The minimum atomic E-state index is 0.113. The van der Waals surface area contributed by atoms with Crippen molar-refractivity contribution in [3.63, 3.8) is 0 Å². The fourth-order valence-corrected chi connectivity index (χ4v) is 3.86. The van der Waals surface area contributed by atoms with Crippen LogP contribution in [0.4, 0.5) is 0 Å². The Balaban J connectivity index is 1.98. The number of nitrogens with zero attached hydrogens (tertiary/aromatic N) is 2. The molecule has 1 N–H and O–H groups in total. The molecule has 1 spiro atoms. The van der Waals surface area contributed by atoms with Crippen molar-refractivity contribution in [1.82, 2.24) is 14.6 Å². The molecule has 2 aliphatic rings. The molecule has 1 fully saturated rings. The molecule has 4 heteroatoms. The number of H-pyrrole nitrogens is 1. The molecular formula is C14H17N3O. The highest BCUT2D eigenvalue weighted by atomic mass is 16.1. The highest BCUT2D eigenvalue weighted by Crippen LogP contribution is 2.46. The van der Waals surface area contributed by atoms with Gasteiger partial charge in [-0.3, -0.25) is 9.89 Å². The minimum Gasteiger partial charge on any atom is -0.297 e. The van der Waals surface area contributed by atoms with Crippen molar-refractivity contribution in [3.05, 3.63) is 33.9 Å². The number of rotatable bonds is 0. The average molecular weight is 243 g/mol. The monoisotopic (exact) mass is 243 g/mol. The van der Waals surface area contributed by atoms with Gasteiger partial charge in [0.2, 0.25) is 0 Å². The molecule has 0 saturated heterocycles. The zero-order valence-corrected chi connectivity index (χ0v) is 10.4. The van der Waals surface area contributed by atoms with Crippen LogP contribution in [0.3, 0.4) is 0 Å². The Kier molecular flexibility index (Phi) is 1.99. The molecule has 1 saturated carbocycles. The summed E-state index contributed by atoms with van der Waals surface area (Å²) in [7, 11) is 0. The molecule has 2 heterocycles. The first-order valence-corrected chi connectivity index (χ1v) is 6.90. The Morgan fingerprint density at radius 3 is 2.89 bits per heavy atom. The summed E-state index contributed by atoms with van der Waals surface area (Å²) in [6.45, 7) is 0. The number of hydrogen-bond acceptors (Lipinski definition) is 2. The number of aromatic amines is 1. The standard InChI is InChI=1S/C14H17N3O/c18-13-10-4-8-14(6-2-1-3-7-14)12(10)16-11-5-9-15-17(11)13/h5,9,15H,1-4,6-8H2. The quantitative estimate of drug-likeness (QED) is 0.771. The summed E-state index contributed by atoms with van der Waals surface area (Å²) >= 11 is 0. The summed E-state index contributed by atoms with van der Waals surface area (Å²) in [6.07, 6.45) is 10.1. The van der Waals surface area contributed by atoms with Gasteiger partial charge in [-0.05, 0) is 25.7 Å². The molecule has 4 nitrogen and oxygen atoms in total. The molecule has 0 aromatic carbocycles. The largest absolute Gasteiger partial charge is 0.297 e. The zero-order chi connectivity index (χ0) is 12.2. The van der Waals surface area contributed by atoms with Crippen molar-refractivity contribution in [3.8, 4) is 0 Å². The molecule has 2 aromatic heterocycles. The number of fused-ring (bicyclic) bond motifs is 3. The first-order valence-electron chi connectivity index (χ1n) is 6.90. The second-order valence-corrected chi connectivity index (χ2v) is 5.74. The summed E-state index contributed by atoms with van der Waals surface area (Å²) in [5.74, 6) is 0. The lowest BCUT2D eigenvalue weighted by atomic mass is 9.72. The highest BCUT2D eigenvalue weighted by Gasteiger charge is 2.42. The third kappa shape index (κ3) is 1.21. The van der Waals surface area contributed by atoms with Crippen LogP contribution in [-0.2, 0) is 11.8 Å². The van der Waals surface area contributed by atoms with Gasteiger partial charge in [-0.2, -0.15) is 0 Å². The summed E-state index contributed by atoms with van der Waals surface area (Å²) in [4.78, 5) is 17.2. The van der Waals surface area contributed by atoms with Crippen LogP contribution in [0.5, 0.6) is 0 Å². The maximum atomic E-state index is 12.4. The van der Waals surface area contributed by atoms with Gasteiger partial charge in [0.1, 0.15) is 0 Å². The van der Waals surface area contributed by atoms with E-state index in [9.17, 15) is 4.79 Å². The van der Waals surface area contributed by atoms with Gasteiger partial charge < -0.3 is 0 Å². The zero-order valence-electron chi connectivity index (χ0n) is 10.4. The lowest BCUT2D eigenvalue weighted by Crippen LogP contribution is -2.29. The Labute approximate surface area is 105 Å². The van der Waals surface area contributed by atoms with Crippen LogP contribution in [0, 0.1) is 0 Å². The Hall–Kier alpha value is -1.58. The first kappa shape index (κ1) is 10.4. The van der Waals surface area contributed by atoms with Crippen molar-refractivity contribution >= 4 is 5.65 Å². The van der Waals surface area contributed by atoms with Gasteiger partial charge in [-0.15, -0.1) is 0 Å². The Bertz CT molecular complexity index is 661. The van der Waals surface area contributed by atoms with Gasteiger partial charge in [0.15, 0.2) is 5.65 Å². The van der Waals surface area contributed by atoms with Crippen molar-refractivity contribution in [2.24, 2.45) is 0 Å². The van der Waals surface area contributed by atoms with Crippen LogP contribution in [0.25, 0.3) is 5.65 Å². The van der Waals surface area contributed by atoms with Crippen molar-refractivity contribution in [2.45, 2.75) is 50.4 Å². The fourth-order valence-electron chi connectivity index (χ4n) is 3.86. The molecule has 0 bridgehead atoms. The maximum Gasteiger partial charge on any atom is 0.276 e. The summed E-state index contributed by atoms with van der Waals surface area (Å²) < 4.78 is 1.57. The summed E-state index contributed by atoms with van der Waals surface area (Å²) in [5, 5.41) is 2.95. The van der Waals surface area contributed by atoms with E-state index >= 15 is 0 Å². The van der Waals surface area contributed by atoms with Gasteiger partial charge in [-0.1, -0.05) is 19.3 Å². The minimum absolute atomic E-state index is 0.113. The topological polar surface area (TPSA) is 50.2 Å². The van der Waals surface area contributed by atoms with E-state index in [0.717, 1.165) is 29.7 Å². The molecule has 0 atom stereocenters. The molecule has 94 valence electrons. The number of aromatic nitrogens is 3. The van der Waals surface area contributed by atoms with Crippen molar-refractivity contribution < 1.29 is 0 Å². The predicted molar refractivity (Wildman–Crippen MR) is 68.9 cm³/mol. The van der Waals surface area contributed by atoms with Crippen LogP contribution in [-0.4, -0.2) is 14.6 Å². The van der Waals surface area contributed by atoms with Crippen LogP contribution < -0.4 is 5.56 Å². The summed E-state index contributed by atoms with van der Waals surface area (Å²) in [6, 6.07) is 1.89. The van der Waals surface area contributed by atoms with E-state index in [4.69, 9.17) is 4.98 Å². The average Bonchev–Trinajstić information content (AvgIpc) is 2.98. The molecule has 0 amide bonds. The van der Waals surface area contributed by atoms with E-state index < -0.39 is 0 Å². The number of nitrogens with one attached hydrogen (secondary N) is 1. The van der Waals surface area contributed by atoms with Crippen LogP contribution in [0.2, 0.25) is 0 Å². The highest BCUT2D eigenvalue weighted by molar-refractivity contribution is 5.43. The molecule has 0 radical (unpaired) electrons. The van der Waals surface area contributed by atoms with Crippen LogP contribution >= 0.6 is 0 Å². The van der Waals surface area contributed by atoms with E-state index in [0.29, 0.717) is 0 Å². The molecule has 18 heavy (non-hydrogen) atoms. The van der Waals surface area contributed by atoms with Crippen molar-refractivity contribution in [2.75, 3.05) is 0 Å². The maximum absolute atomic E-state index is 12.4. The third-order valence-corrected chi connectivity index (χ3v) is 4.81. The van der Waals surface area contributed by atoms with E-state index in [2.05, 4.69) is 5.10 Å². The van der Waals surface area contributed by atoms with E-state index in [1.54, 1.807) is 10.7 Å². The Morgan fingerprint density at radius 1 is 1.22 bits per heavy atom. The molecule has 4 rings (SSSR count). The molecule has 2 aliphatic carbocycles. The van der Waals surface area contributed by atoms with Gasteiger partial charge >= 0.3 is 0 Å². The van der Waals surface area contributed by atoms with Gasteiger partial charge in [-0.25, -0.2) is 9.50 Å². The smallest absolute Gasteiger partial charge is 0.276 e. The van der Waals surface area contributed by atoms with Gasteiger partial charge in [0.05, 0.1) is 5.69 Å². The van der Waals surface area contributed by atoms with E-state index in [1.165, 1.54) is 32.1 Å². The lowest BCUT2D eigenvalue weighted by molar-refractivity contribution is 0.286. The molecule has 2 aromatic rings. The second kappa shape index (κ2) is 3.46. The molecule has 0 unspecified atom stereocenters. The van der Waals surface area contributed by atoms with E-state index in [1.807, 2.05) is 6.07 Å². The van der Waals surface area contributed by atoms with Crippen LogP contribution in [0.15, 0.2) is 17.1 Å². The predicted octanol–water partition coefficient (Wildman–Crippen LogP) is 2.17. The van der Waals surface area contributed by atoms with Crippen molar-refractivity contribution in [1.29, 1.82) is 0 Å².